The number of rotatable bonds is 5. The summed E-state index contributed by atoms with van der Waals surface area (Å²) >= 11 is 0. The Kier molecular flexibility index (Phi) is 7.87. The van der Waals surface area contributed by atoms with Crippen molar-refractivity contribution in [3.63, 3.8) is 0 Å². The Morgan fingerprint density at radius 3 is 2.25 bits per heavy atom. The summed E-state index contributed by atoms with van der Waals surface area (Å²) in [6.07, 6.45) is 0. The van der Waals surface area contributed by atoms with Crippen LogP contribution >= 0.6 is 12.4 Å². The van der Waals surface area contributed by atoms with Gasteiger partial charge in [0.1, 0.15) is 6.04 Å². The fourth-order valence-corrected chi connectivity index (χ4v) is 1.71. The van der Waals surface area contributed by atoms with Crippen molar-refractivity contribution >= 4 is 24.3 Å². The predicted molar refractivity (Wildman–Crippen MR) is 79.4 cm³/mol. The van der Waals surface area contributed by atoms with Gasteiger partial charge in [0.15, 0.2) is 0 Å². The van der Waals surface area contributed by atoms with Crippen LogP contribution in [0.3, 0.4) is 0 Å². The van der Waals surface area contributed by atoms with Gasteiger partial charge in [-0.15, -0.1) is 12.4 Å². The van der Waals surface area contributed by atoms with E-state index in [1.54, 1.807) is 13.8 Å². The maximum absolute atomic E-state index is 12.0. The first-order valence-corrected chi connectivity index (χ1v) is 6.16. The SMILES string of the molecule is COC(=O)[C@H](C)NC(=O)C(C)C(N)c1ccccc1.Cl. The summed E-state index contributed by atoms with van der Waals surface area (Å²) in [4.78, 5) is 23.2. The monoisotopic (exact) mass is 300 g/mol. The smallest absolute Gasteiger partial charge is 0.328 e. The number of halogens is 1. The molecule has 5 nitrogen and oxygen atoms in total. The number of nitrogens with one attached hydrogen (secondary N) is 1. The van der Waals surface area contributed by atoms with Crippen LogP contribution in [0.15, 0.2) is 30.3 Å². The van der Waals surface area contributed by atoms with Crippen LogP contribution in [0.1, 0.15) is 25.5 Å². The number of amides is 1. The third kappa shape index (κ3) is 4.83. The van der Waals surface area contributed by atoms with Gasteiger partial charge in [0, 0.05) is 6.04 Å². The summed E-state index contributed by atoms with van der Waals surface area (Å²) in [7, 11) is 1.28. The molecule has 0 fully saturated rings. The molecule has 0 spiro atoms. The van der Waals surface area contributed by atoms with Crippen LogP contribution in [0.4, 0.5) is 0 Å². The number of hydrogen-bond acceptors (Lipinski definition) is 4. The molecule has 112 valence electrons. The average molecular weight is 301 g/mol. The lowest BCUT2D eigenvalue weighted by Crippen LogP contribution is -2.44. The molecule has 1 aromatic rings. The highest BCUT2D eigenvalue weighted by atomic mass is 35.5. The van der Waals surface area contributed by atoms with Gasteiger partial charge in [-0.05, 0) is 12.5 Å². The van der Waals surface area contributed by atoms with E-state index in [1.165, 1.54) is 7.11 Å². The van der Waals surface area contributed by atoms with E-state index in [4.69, 9.17) is 5.73 Å². The van der Waals surface area contributed by atoms with Crippen LogP contribution in [0.2, 0.25) is 0 Å². The molecule has 0 aliphatic heterocycles. The van der Waals surface area contributed by atoms with Gasteiger partial charge in [0.05, 0.1) is 13.0 Å². The molecule has 0 bridgehead atoms. The zero-order valence-electron chi connectivity index (χ0n) is 11.8. The Balaban J connectivity index is 0.00000361. The molecule has 0 radical (unpaired) electrons. The Labute approximate surface area is 125 Å². The fourth-order valence-electron chi connectivity index (χ4n) is 1.71. The van der Waals surface area contributed by atoms with Crippen molar-refractivity contribution in [2.75, 3.05) is 7.11 Å². The second-order valence-electron chi connectivity index (χ2n) is 4.48. The standard InChI is InChI=1S/C14H20N2O3.ClH/c1-9(12(15)11-7-5-4-6-8-11)13(17)16-10(2)14(18)19-3;/h4-10,12H,15H2,1-3H3,(H,16,17);1H/t9?,10-,12?;/m0./s1. The van der Waals surface area contributed by atoms with Crippen molar-refractivity contribution in [1.29, 1.82) is 0 Å². The highest BCUT2D eigenvalue weighted by Gasteiger charge is 2.25. The van der Waals surface area contributed by atoms with Crippen molar-refractivity contribution in [3.8, 4) is 0 Å². The Bertz CT molecular complexity index is 439. The van der Waals surface area contributed by atoms with Crippen molar-refractivity contribution in [1.82, 2.24) is 5.32 Å². The molecular weight excluding hydrogens is 280 g/mol. The first-order valence-electron chi connectivity index (χ1n) is 6.16. The van der Waals surface area contributed by atoms with Gasteiger partial charge in [0.25, 0.3) is 0 Å². The normalized spacial score (nSPS) is 14.4. The van der Waals surface area contributed by atoms with Gasteiger partial charge in [-0.25, -0.2) is 4.79 Å². The molecule has 3 atom stereocenters. The van der Waals surface area contributed by atoms with Gasteiger partial charge in [-0.3, -0.25) is 4.79 Å². The zero-order valence-corrected chi connectivity index (χ0v) is 12.6. The molecule has 1 amide bonds. The molecule has 0 saturated heterocycles. The third-order valence-corrected chi connectivity index (χ3v) is 3.05. The number of ether oxygens (including phenoxy) is 1. The van der Waals surface area contributed by atoms with Gasteiger partial charge >= 0.3 is 5.97 Å². The second-order valence-corrected chi connectivity index (χ2v) is 4.48. The van der Waals surface area contributed by atoms with Crippen molar-refractivity contribution in [2.24, 2.45) is 11.7 Å². The maximum Gasteiger partial charge on any atom is 0.328 e. The summed E-state index contributed by atoms with van der Waals surface area (Å²) in [6, 6.07) is 8.29. The molecule has 1 rings (SSSR count). The van der Waals surface area contributed by atoms with Crippen LogP contribution in [0.5, 0.6) is 0 Å². The number of benzene rings is 1. The van der Waals surface area contributed by atoms with E-state index >= 15 is 0 Å². The van der Waals surface area contributed by atoms with E-state index in [9.17, 15) is 9.59 Å². The topological polar surface area (TPSA) is 81.4 Å². The van der Waals surface area contributed by atoms with Gasteiger partial charge in [-0.1, -0.05) is 37.3 Å². The molecular formula is C14H21ClN2O3. The van der Waals surface area contributed by atoms with Crippen LogP contribution in [-0.2, 0) is 14.3 Å². The lowest BCUT2D eigenvalue weighted by Gasteiger charge is -2.21. The Hall–Kier alpha value is -1.59. The lowest BCUT2D eigenvalue weighted by molar-refractivity contribution is -0.145. The molecule has 2 unspecified atom stereocenters. The largest absolute Gasteiger partial charge is 0.467 e. The summed E-state index contributed by atoms with van der Waals surface area (Å²) in [5.41, 5.74) is 6.93. The first kappa shape index (κ1) is 18.4. The van der Waals surface area contributed by atoms with E-state index in [2.05, 4.69) is 10.1 Å². The highest BCUT2D eigenvalue weighted by Crippen LogP contribution is 2.19. The minimum absolute atomic E-state index is 0. The summed E-state index contributed by atoms with van der Waals surface area (Å²) in [5.74, 6) is -1.18. The zero-order chi connectivity index (χ0) is 14.4. The van der Waals surface area contributed by atoms with Crippen LogP contribution in [-0.4, -0.2) is 25.0 Å². The van der Waals surface area contributed by atoms with Gasteiger partial charge < -0.3 is 15.8 Å². The molecule has 0 saturated carbocycles. The molecule has 20 heavy (non-hydrogen) atoms. The summed E-state index contributed by atoms with van der Waals surface area (Å²) in [5, 5.41) is 2.59. The Morgan fingerprint density at radius 2 is 1.75 bits per heavy atom. The van der Waals surface area contributed by atoms with Crippen molar-refractivity contribution < 1.29 is 14.3 Å². The van der Waals surface area contributed by atoms with Crippen molar-refractivity contribution in [2.45, 2.75) is 25.9 Å². The summed E-state index contributed by atoms with van der Waals surface area (Å²) in [6.45, 7) is 3.31. The molecule has 1 aromatic carbocycles. The number of methoxy groups -OCH3 is 1. The van der Waals surface area contributed by atoms with Gasteiger partial charge in [-0.2, -0.15) is 0 Å². The van der Waals surface area contributed by atoms with Gasteiger partial charge in [0.2, 0.25) is 5.91 Å². The molecule has 0 aliphatic rings. The first-order chi connectivity index (χ1) is 8.97. The quantitative estimate of drug-likeness (QED) is 0.806. The van der Waals surface area contributed by atoms with E-state index in [0.717, 1.165) is 5.56 Å². The van der Waals surface area contributed by atoms with E-state index < -0.39 is 24.0 Å². The molecule has 0 aliphatic carbocycles. The maximum atomic E-state index is 12.0. The van der Waals surface area contributed by atoms with Crippen molar-refractivity contribution in [3.05, 3.63) is 35.9 Å². The summed E-state index contributed by atoms with van der Waals surface area (Å²) < 4.78 is 4.55. The molecule has 6 heteroatoms. The van der Waals surface area contributed by atoms with E-state index in [-0.39, 0.29) is 18.3 Å². The average Bonchev–Trinajstić information content (AvgIpc) is 2.45. The number of carbonyl (C=O) groups is 2. The van der Waals surface area contributed by atoms with E-state index in [1.807, 2.05) is 30.3 Å². The van der Waals surface area contributed by atoms with E-state index in [0.29, 0.717) is 0 Å². The van der Waals surface area contributed by atoms with Crippen LogP contribution in [0.25, 0.3) is 0 Å². The third-order valence-electron chi connectivity index (χ3n) is 3.05. The second kappa shape index (κ2) is 8.55. The Morgan fingerprint density at radius 1 is 1.20 bits per heavy atom. The lowest BCUT2D eigenvalue weighted by atomic mass is 9.94. The highest BCUT2D eigenvalue weighted by molar-refractivity contribution is 5.86. The molecule has 0 aromatic heterocycles. The minimum Gasteiger partial charge on any atom is -0.467 e. The number of esters is 1. The number of nitrogens with two attached hydrogens (primary N) is 1. The number of carbonyl (C=O) groups excluding carboxylic acids is 2. The fraction of sp³-hybridized carbons (Fsp3) is 0.429. The predicted octanol–water partition coefficient (Wildman–Crippen LogP) is 1.42. The van der Waals surface area contributed by atoms with Crippen LogP contribution < -0.4 is 11.1 Å². The van der Waals surface area contributed by atoms with Crippen LogP contribution in [0, 0.1) is 5.92 Å². The minimum atomic E-state index is -0.678. The number of hydrogen-bond donors (Lipinski definition) is 2. The molecule has 0 heterocycles. The molecule has 3 N–H and O–H groups in total.